The van der Waals surface area contributed by atoms with E-state index in [1.165, 1.54) is 0 Å². The predicted octanol–water partition coefficient (Wildman–Crippen LogP) is 0.296. The van der Waals surface area contributed by atoms with Gasteiger partial charge in [-0.25, -0.2) is 9.59 Å². The number of hydrogen-bond donors (Lipinski definition) is 4. The van der Waals surface area contributed by atoms with Crippen LogP contribution in [0.1, 0.15) is 33.6 Å². The van der Waals surface area contributed by atoms with E-state index in [0.717, 1.165) is 0 Å². The van der Waals surface area contributed by atoms with Crippen LogP contribution in [0.2, 0.25) is 0 Å². The second-order valence-electron chi connectivity index (χ2n) is 4.87. The van der Waals surface area contributed by atoms with E-state index in [9.17, 15) is 14.4 Å². The molecule has 0 bridgehead atoms. The zero-order valence-electron chi connectivity index (χ0n) is 11.6. The third-order valence-corrected chi connectivity index (χ3v) is 3.00. The number of carbonyl (C=O) groups excluding carboxylic acids is 2. The highest BCUT2D eigenvalue weighted by Crippen LogP contribution is 2.10. The standard InChI is InChI=1S/C12H23N3O4/c1-7(2)8(3)10(16)15-9(11(17)18)5-4-6-14-12(13)19/h7-9H,4-6H2,1-3H3,(H,15,16)(H,17,18)(H3,13,14,19). The summed E-state index contributed by atoms with van der Waals surface area (Å²) in [5, 5.41) is 13.9. The van der Waals surface area contributed by atoms with Gasteiger partial charge in [-0.2, -0.15) is 0 Å². The van der Waals surface area contributed by atoms with Gasteiger partial charge in [-0.3, -0.25) is 4.79 Å². The van der Waals surface area contributed by atoms with E-state index in [1.807, 2.05) is 13.8 Å². The number of carbonyl (C=O) groups is 3. The van der Waals surface area contributed by atoms with Crippen LogP contribution < -0.4 is 16.4 Å². The maximum absolute atomic E-state index is 11.8. The molecule has 5 N–H and O–H groups in total. The fourth-order valence-electron chi connectivity index (χ4n) is 1.38. The molecule has 0 aromatic carbocycles. The summed E-state index contributed by atoms with van der Waals surface area (Å²) in [5.41, 5.74) is 4.89. The Morgan fingerprint density at radius 2 is 1.79 bits per heavy atom. The number of primary amides is 1. The van der Waals surface area contributed by atoms with Crippen molar-refractivity contribution >= 4 is 17.9 Å². The number of carboxylic acids is 1. The third kappa shape index (κ3) is 7.28. The van der Waals surface area contributed by atoms with Crippen molar-refractivity contribution in [3.8, 4) is 0 Å². The first-order valence-corrected chi connectivity index (χ1v) is 6.32. The van der Waals surface area contributed by atoms with Gasteiger partial charge in [0, 0.05) is 12.5 Å². The lowest BCUT2D eigenvalue weighted by molar-refractivity contribution is -0.142. The van der Waals surface area contributed by atoms with Crippen LogP contribution in [0, 0.1) is 11.8 Å². The average molecular weight is 273 g/mol. The number of urea groups is 1. The molecule has 0 aromatic rings. The molecular weight excluding hydrogens is 250 g/mol. The molecule has 7 heteroatoms. The lowest BCUT2D eigenvalue weighted by Crippen LogP contribution is -2.44. The highest BCUT2D eigenvalue weighted by Gasteiger charge is 2.23. The van der Waals surface area contributed by atoms with E-state index < -0.39 is 18.0 Å². The topological polar surface area (TPSA) is 122 Å². The summed E-state index contributed by atoms with van der Waals surface area (Å²) in [7, 11) is 0. The fraction of sp³-hybridized carbons (Fsp3) is 0.750. The number of hydrogen-bond acceptors (Lipinski definition) is 3. The quantitative estimate of drug-likeness (QED) is 0.475. The molecule has 110 valence electrons. The molecule has 2 unspecified atom stereocenters. The van der Waals surface area contributed by atoms with E-state index in [0.29, 0.717) is 6.42 Å². The summed E-state index contributed by atoms with van der Waals surface area (Å²) in [6.07, 6.45) is 0.669. The van der Waals surface area contributed by atoms with Crippen LogP contribution in [0.3, 0.4) is 0 Å². The van der Waals surface area contributed by atoms with Gasteiger partial charge in [-0.05, 0) is 18.8 Å². The highest BCUT2D eigenvalue weighted by molar-refractivity contribution is 5.84. The SMILES string of the molecule is CC(C)C(C)C(=O)NC(CCCNC(N)=O)C(=O)O. The molecule has 0 aliphatic rings. The molecular formula is C12H23N3O4. The van der Waals surface area contributed by atoms with Crippen LogP contribution in [-0.4, -0.2) is 35.6 Å². The minimum atomic E-state index is -1.08. The van der Waals surface area contributed by atoms with Crippen molar-refractivity contribution in [3.63, 3.8) is 0 Å². The Hall–Kier alpha value is -1.79. The first-order valence-electron chi connectivity index (χ1n) is 6.32. The Morgan fingerprint density at radius 1 is 1.21 bits per heavy atom. The van der Waals surface area contributed by atoms with Gasteiger partial charge in [-0.1, -0.05) is 20.8 Å². The van der Waals surface area contributed by atoms with E-state index in [4.69, 9.17) is 10.8 Å². The number of nitrogens with one attached hydrogen (secondary N) is 2. The number of amides is 3. The monoisotopic (exact) mass is 273 g/mol. The van der Waals surface area contributed by atoms with Crippen LogP contribution >= 0.6 is 0 Å². The molecule has 0 rings (SSSR count). The van der Waals surface area contributed by atoms with Crippen molar-refractivity contribution < 1.29 is 19.5 Å². The molecule has 2 atom stereocenters. The number of nitrogens with two attached hydrogens (primary N) is 1. The second kappa shape index (κ2) is 8.34. The Morgan fingerprint density at radius 3 is 2.21 bits per heavy atom. The minimum absolute atomic E-state index is 0.144. The Labute approximate surface area is 112 Å². The summed E-state index contributed by atoms with van der Waals surface area (Å²) >= 11 is 0. The fourth-order valence-corrected chi connectivity index (χ4v) is 1.38. The first kappa shape index (κ1) is 17.2. The number of aliphatic carboxylic acids is 1. The molecule has 7 nitrogen and oxygen atoms in total. The molecule has 0 heterocycles. The van der Waals surface area contributed by atoms with Crippen molar-refractivity contribution in [3.05, 3.63) is 0 Å². The van der Waals surface area contributed by atoms with Crippen LogP contribution in [0.4, 0.5) is 4.79 Å². The van der Waals surface area contributed by atoms with Crippen LogP contribution in [-0.2, 0) is 9.59 Å². The van der Waals surface area contributed by atoms with E-state index in [1.54, 1.807) is 6.92 Å². The molecule has 0 aliphatic heterocycles. The highest BCUT2D eigenvalue weighted by atomic mass is 16.4. The van der Waals surface area contributed by atoms with Crippen molar-refractivity contribution in [1.29, 1.82) is 0 Å². The van der Waals surface area contributed by atoms with Gasteiger partial charge >= 0.3 is 12.0 Å². The summed E-state index contributed by atoms with van der Waals surface area (Å²) in [6, 6.07) is -1.59. The summed E-state index contributed by atoms with van der Waals surface area (Å²) < 4.78 is 0. The molecule has 0 aromatic heterocycles. The van der Waals surface area contributed by atoms with Gasteiger partial charge in [-0.15, -0.1) is 0 Å². The van der Waals surface area contributed by atoms with E-state index in [-0.39, 0.29) is 30.7 Å². The third-order valence-electron chi connectivity index (χ3n) is 3.00. The van der Waals surface area contributed by atoms with Crippen LogP contribution in [0.25, 0.3) is 0 Å². The Balaban J connectivity index is 4.23. The van der Waals surface area contributed by atoms with Crippen molar-refractivity contribution in [2.45, 2.75) is 39.7 Å². The normalized spacial score (nSPS) is 13.7. The zero-order chi connectivity index (χ0) is 15.0. The summed E-state index contributed by atoms with van der Waals surface area (Å²) in [5.74, 6) is -1.45. The molecule has 3 amide bonds. The van der Waals surface area contributed by atoms with Crippen molar-refractivity contribution in [2.24, 2.45) is 17.6 Å². The van der Waals surface area contributed by atoms with Gasteiger partial charge in [0.15, 0.2) is 0 Å². The van der Waals surface area contributed by atoms with Gasteiger partial charge in [0.05, 0.1) is 0 Å². The number of rotatable bonds is 8. The molecule has 0 aliphatic carbocycles. The average Bonchev–Trinajstić information content (AvgIpc) is 2.30. The molecule has 0 radical (unpaired) electrons. The van der Waals surface area contributed by atoms with Crippen molar-refractivity contribution in [2.75, 3.05) is 6.54 Å². The Kier molecular flexibility index (Phi) is 7.55. The summed E-state index contributed by atoms with van der Waals surface area (Å²) in [6.45, 7) is 5.84. The lowest BCUT2D eigenvalue weighted by atomic mass is 9.96. The zero-order valence-corrected chi connectivity index (χ0v) is 11.6. The predicted molar refractivity (Wildman–Crippen MR) is 70.4 cm³/mol. The van der Waals surface area contributed by atoms with Gasteiger partial charge in [0.1, 0.15) is 6.04 Å². The Bertz CT molecular complexity index is 331. The van der Waals surface area contributed by atoms with Crippen molar-refractivity contribution in [1.82, 2.24) is 10.6 Å². The van der Waals surface area contributed by atoms with E-state index >= 15 is 0 Å². The molecule has 19 heavy (non-hydrogen) atoms. The minimum Gasteiger partial charge on any atom is -0.480 e. The molecule has 0 fully saturated rings. The molecule has 0 spiro atoms. The lowest BCUT2D eigenvalue weighted by Gasteiger charge is -2.19. The largest absolute Gasteiger partial charge is 0.480 e. The van der Waals surface area contributed by atoms with Gasteiger partial charge in [0.25, 0.3) is 0 Å². The second-order valence-corrected chi connectivity index (χ2v) is 4.87. The maximum atomic E-state index is 11.8. The first-order chi connectivity index (χ1) is 8.75. The van der Waals surface area contributed by atoms with Gasteiger partial charge < -0.3 is 21.5 Å². The molecule has 0 saturated heterocycles. The van der Waals surface area contributed by atoms with E-state index in [2.05, 4.69) is 10.6 Å². The molecule has 0 saturated carbocycles. The van der Waals surface area contributed by atoms with Crippen LogP contribution in [0.15, 0.2) is 0 Å². The van der Waals surface area contributed by atoms with Gasteiger partial charge in [0.2, 0.25) is 5.91 Å². The summed E-state index contributed by atoms with van der Waals surface area (Å²) in [4.78, 5) is 33.2. The maximum Gasteiger partial charge on any atom is 0.326 e. The number of carboxylic acid groups (broad SMARTS) is 1. The van der Waals surface area contributed by atoms with Crippen LogP contribution in [0.5, 0.6) is 0 Å². The smallest absolute Gasteiger partial charge is 0.326 e.